The van der Waals surface area contributed by atoms with Crippen LogP contribution in [0.2, 0.25) is 0 Å². The van der Waals surface area contributed by atoms with Gasteiger partial charge in [0, 0.05) is 30.3 Å². The van der Waals surface area contributed by atoms with E-state index in [-0.39, 0.29) is 42.4 Å². The summed E-state index contributed by atoms with van der Waals surface area (Å²) in [6.07, 6.45) is 2.89. The maximum absolute atomic E-state index is 13.8. The van der Waals surface area contributed by atoms with Crippen LogP contribution in [0.4, 0.5) is 5.69 Å². The van der Waals surface area contributed by atoms with E-state index in [1.54, 1.807) is 18.2 Å². The van der Waals surface area contributed by atoms with Crippen molar-refractivity contribution in [2.24, 2.45) is 29.4 Å². The Balaban J connectivity index is 1.76. The minimum atomic E-state index is -0.383. The van der Waals surface area contributed by atoms with E-state index in [9.17, 15) is 14.4 Å². The molecule has 1 aromatic heterocycles. The molecule has 0 saturated heterocycles. The zero-order valence-electron chi connectivity index (χ0n) is 20.2. The number of hydrogen-bond acceptors (Lipinski definition) is 4. The van der Waals surface area contributed by atoms with Gasteiger partial charge in [0.05, 0.1) is 11.0 Å². The molecule has 4 rings (SSSR count). The Morgan fingerprint density at radius 2 is 1.82 bits per heavy atom. The Labute approximate surface area is 199 Å². The van der Waals surface area contributed by atoms with Crippen LogP contribution in [0.3, 0.4) is 0 Å². The van der Waals surface area contributed by atoms with Crippen molar-refractivity contribution in [3.8, 4) is 0 Å². The van der Waals surface area contributed by atoms with Crippen molar-refractivity contribution in [3.05, 3.63) is 64.6 Å². The van der Waals surface area contributed by atoms with Gasteiger partial charge < -0.3 is 11.1 Å². The van der Waals surface area contributed by atoms with E-state index in [1.807, 2.05) is 30.3 Å². The number of amides is 1. The minimum Gasteiger partial charge on any atom is -0.329 e. The second kappa shape index (κ2) is 9.97. The van der Waals surface area contributed by atoms with Gasteiger partial charge in [0.2, 0.25) is 5.91 Å². The van der Waals surface area contributed by atoms with Crippen molar-refractivity contribution in [1.82, 2.24) is 9.13 Å². The highest BCUT2D eigenvalue weighted by Crippen LogP contribution is 2.39. The van der Waals surface area contributed by atoms with Crippen molar-refractivity contribution in [1.29, 1.82) is 0 Å². The SMILES string of the molecule is CC(C)[C@@H]1CC[C@@H](C)C[C@H]1C(=O)n1c(=O)n(CCN)c2cc(C(=O)Nc3ccccc3)ccc21. The second-order valence-corrected chi connectivity index (χ2v) is 9.85. The highest BCUT2D eigenvalue weighted by atomic mass is 16.2. The van der Waals surface area contributed by atoms with Crippen LogP contribution in [-0.4, -0.2) is 27.5 Å². The average molecular weight is 463 g/mol. The number of imidazole rings is 1. The number of nitrogens with zero attached hydrogens (tertiary/aromatic N) is 2. The molecule has 3 N–H and O–H groups in total. The lowest BCUT2D eigenvalue weighted by Crippen LogP contribution is -2.40. The van der Waals surface area contributed by atoms with E-state index < -0.39 is 0 Å². The smallest absolute Gasteiger partial charge is 0.329 e. The van der Waals surface area contributed by atoms with Crippen molar-refractivity contribution >= 4 is 28.5 Å². The van der Waals surface area contributed by atoms with E-state index in [2.05, 4.69) is 26.1 Å². The standard InChI is InChI=1S/C27H34N4O3/c1-17(2)21-11-9-18(3)15-22(21)26(33)31-23-12-10-19(16-24(23)30(14-13-28)27(31)34)25(32)29-20-7-5-4-6-8-20/h4-8,10,12,16-18,21-22H,9,11,13-15,28H2,1-3H3,(H,29,32)/t18-,21+,22-/m1/s1. The molecule has 1 heterocycles. The van der Waals surface area contributed by atoms with Crippen LogP contribution in [0.25, 0.3) is 11.0 Å². The lowest BCUT2D eigenvalue weighted by Gasteiger charge is -2.36. The van der Waals surface area contributed by atoms with E-state index in [0.29, 0.717) is 34.1 Å². The van der Waals surface area contributed by atoms with Gasteiger partial charge in [0.1, 0.15) is 0 Å². The zero-order chi connectivity index (χ0) is 24.4. The van der Waals surface area contributed by atoms with Gasteiger partial charge in [-0.25, -0.2) is 9.36 Å². The molecule has 1 saturated carbocycles. The number of nitrogens with two attached hydrogens (primary N) is 1. The van der Waals surface area contributed by atoms with Gasteiger partial charge in [0.25, 0.3) is 5.91 Å². The number of hydrogen-bond donors (Lipinski definition) is 2. The molecule has 3 atom stereocenters. The zero-order valence-corrected chi connectivity index (χ0v) is 20.2. The molecule has 0 bridgehead atoms. The van der Waals surface area contributed by atoms with Crippen LogP contribution < -0.4 is 16.7 Å². The molecule has 0 radical (unpaired) electrons. The summed E-state index contributed by atoms with van der Waals surface area (Å²) in [6, 6.07) is 14.2. The molecule has 1 amide bonds. The van der Waals surface area contributed by atoms with Gasteiger partial charge in [-0.05, 0) is 60.9 Å². The van der Waals surface area contributed by atoms with Crippen molar-refractivity contribution in [2.45, 2.75) is 46.6 Å². The Bertz CT molecular complexity index is 1240. The summed E-state index contributed by atoms with van der Waals surface area (Å²) in [5, 5.41) is 2.87. The molecular formula is C27H34N4O3. The van der Waals surface area contributed by atoms with E-state index in [4.69, 9.17) is 5.73 Å². The predicted octanol–water partition coefficient (Wildman–Crippen LogP) is 4.36. The van der Waals surface area contributed by atoms with Gasteiger partial charge in [-0.1, -0.05) is 45.4 Å². The Morgan fingerprint density at radius 1 is 1.09 bits per heavy atom. The number of para-hydroxylation sites is 1. The number of carbonyl (C=O) groups is 2. The molecule has 1 fully saturated rings. The lowest BCUT2D eigenvalue weighted by atomic mass is 9.69. The number of fused-ring (bicyclic) bond motifs is 1. The Hall–Kier alpha value is -3.19. The Morgan fingerprint density at radius 3 is 2.50 bits per heavy atom. The first-order valence-corrected chi connectivity index (χ1v) is 12.2. The molecule has 7 heteroatoms. The topological polar surface area (TPSA) is 99.1 Å². The fourth-order valence-corrected chi connectivity index (χ4v) is 5.33. The summed E-state index contributed by atoms with van der Waals surface area (Å²) < 4.78 is 2.84. The monoisotopic (exact) mass is 462 g/mol. The van der Waals surface area contributed by atoms with E-state index in [0.717, 1.165) is 19.3 Å². The minimum absolute atomic E-state index is 0.141. The van der Waals surface area contributed by atoms with Gasteiger partial charge >= 0.3 is 5.69 Å². The summed E-state index contributed by atoms with van der Waals surface area (Å²) in [4.78, 5) is 40.1. The summed E-state index contributed by atoms with van der Waals surface area (Å²) in [5.74, 6) is 0.449. The van der Waals surface area contributed by atoms with Gasteiger partial charge in [0.15, 0.2) is 0 Å². The fourth-order valence-electron chi connectivity index (χ4n) is 5.33. The van der Waals surface area contributed by atoms with Gasteiger partial charge in [-0.2, -0.15) is 0 Å². The number of carbonyl (C=O) groups excluding carboxylic acids is 2. The van der Waals surface area contributed by atoms with Crippen molar-refractivity contribution in [2.75, 3.05) is 11.9 Å². The third kappa shape index (κ3) is 4.57. The molecule has 0 unspecified atom stereocenters. The van der Waals surface area contributed by atoms with Crippen LogP contribution in [-0.2, 0) is 6.54 Å². The highest BCUT2D eigenvalue weighted by molar-refractivity contribution is 6.06. The molecule has 0 spiro atoms. The van der Waals surface area contributed by atoms with Gasteiger partial charge in [-0.3, -0.25) is 14.2 Å². The summed E-state index contributed by atoms with van der Waals surface area (Å²) in [5.41, 5.74) is 7.59. The molecule has 3 aromatic rings. The number of benzene rings is 2. The van der Waals surface area contributed by atoms with E-state index in [1.165, 1.54) is 9.13 Å². The maximum Gasteiger partial charge on any atom is 0.336 e. The van der Waals surface area contributed by atoms with Gasteiger partial charge in [-0.15, -0.1) is 0 Å². The number of rotatable bonds is 6. The number of anilines is 1. The summed E-state index contributed by atoms with van der Waals surface area (Å²) in [6.45, 7) is 7.00. The molecule has 180 valence electrons. The normalized spacial score (nSPS) is 20.6. The lowest BCUT2D eigenvalue weighted by molar-refractivity contribution is 0.0633. The highest BCUT2D eigenvalue weighted by Gasteiger charge is 2.37. The third-order valence-corrected chi connectivity index (χ3v) is 7.14. The molecule has 2 aromatic carbocycles. The van der Waals surface area contributed by atoms with Crippen LogP contribution in [0.1, 0.15) is 55.2 Å². The predicted molar refractivity (Wildman–Crippen MR) is 135 cm³/mol. The second-order valence-electron chi connectivity index (χ2n) is 9.85. The first-order chi connectivity index (χ1) is 16.3. The maximum atomic E-state index is 13.8. The van der Waals surface area contributed by atoms with E-state index >= 15 is 0 Å². The number of aromatic nitrogens is 2. The molecule has 7 nitrogen and oxygen atoms in total. The quantitative estimate of drug-likeness (QED) is 0.568. The first kappa shape index (κ1) is 24.0. The third-order valence-electron chi connectivity index (χ3n) is 7.14. The molecule has 1 aliphatic rings. The molecular weight excluding hydrogens is 428 g/mol. The van der Waals surface area contributed by atoms with Crippen LogP contribution >= 0.6 is 0 Å². The summed E-state index contributed by atoms with van der Waals surface area (Å²) in [7, 11) is 0. The van der Waals surface area contributed by atoms with Crippen LogP contribution in [0.5, 0.6) is 0 Å². The molecule has 1 aliphatic carbocycles. The first-order valence-electron chi connectivity index (χ1n) is 12.2. The van der Waals surface area contributed by atoms with Crippen LogP contribution in [0, 0.1) is 23.7 Å². The van der Waals surface area contributed by atoms with Crippen molar-refractivity contribution in [3.63, 3.8) is 0 Å². The average Bonchev–Trinajstić information content (AvgIpc) is 3.10. The molecule has 34 heavy (non-hydrogen) atoms. The molecule has 0 aliphatic heterocycles. The van der Waals surface area contributed by atoms with Crippen LogP contribution in [0.15, 0.2) is 53.3 Å². The van der Waals surface area contributed by atoms with Crippen molar-refractivity contribution < 1.29 is 9.59 Å². The summed E-state index contributed by atoms with van der Waals surface area (Å²) >= 11 is 0. The largest absolute Gasteiger partial charge is 0.336 e. The fraction of sp³-hybridized carbons (Fsp3) is 0.444. The number of nitrogens with one attached hydrogen (secondary N) is 1. The Kier molecular flexibility index (Phi) is 7.03.